The standard InChI is InChI=1S/C17H24N2O/c1-2-3-13-4-6-14(7-5-13)19-16(20)15-12-17(15)8-10-18-11-9-17/h4-7,15,18H,2-3,8-12H2,1H3,(H,19,20). The van der Waals surface area contributed by atoms with E-state index in [1.807, 2.05) is 12.1 Å². The second kappa shape index (κ2) is 5.57. The average Bonchev–Trinajstić information content (AvgIpc) is 3.16. The van der Waals surface area contributed by atoms with Crippen LogP contribution in [0.15, 0.2) is 24.3 Å². The van der Waals surface area contributed by atoms with E-state index in [2.05, 4.69) is 29.7 Å². The number of nitrogens with one attached hydrogen (secondary N) is 2. The van der Waals surface area contributed by atoms with E-state index in [9.17, 15) is 4.79 Å². The van der Waals surface area contributed by atoms with E-state index in [4.69, 9.17) is 0 Å². The van der Waals surface area contributed by atoms with E-state index in [1.54, 1.807) is 0 Å². The fourth-order valence-electron chi connectivity index (χ4n) is 3.47. The van der Waals surface area contributed by atoms with Gasteiger partial charge in [0.05, 0.1) is 0 Å². The SMILES string of the molecule is CCCc1ccc(NC(=O)C2CC23CCNCC3)cc1. The van der Waals surface area contributed by atoms with E-state index in [0.717, 1.165) is 50.9 Å². The number of carbonyl (C=O) groups excluding carboxylic acids is 1. The van der Waals surface area contributed by atoms with Crippen LogP contribution >= 0.6 is 0 Å². The number of benzene rings is 1. The average molecular weight is 272 g/mol. The van der Waals surface area contributed by atoms with Crippen LogP contribution in [0.5, 0.6) is 0 Å². The minimum atomic E-state index is 0.218. The van der Waals surface area contributed by atoms with Gasteiger partial charge in [-0.25, -0.2) is 0 Å². The molecule has 1 saturated carbocycles. The zero-order valence-corrected chi connectivity index (χ0v) is 12.2. The highest BCUT2D eigenvalue weighted by atomic mass is 16.2. The molecule has 1 aliphatic heterocycles. The van der Waals surface area contributed by atoms with Crippen LogP contribution in [0.25, 0.3) is 0 Å². The summed E-state index contributed by atoms with van der Waals surface area (Å²) >= 11 is 0. The number of hydrogen-bond donors (Lipinski definition) is 2. The number of rotatable bonds is 4. The molecular formula is C17H24N2O. The Bertz CT molecular complexity index is 474. The van der Waals surface area contributed by atoms with Crippen molar-refractivity contribution in [1.82, 2.24) is 5.32 Å². The summed E-state index contributed by atoms with van der Waals surface area (Å²) in [5.74, 6) is 0.454. The molecule has 2 N–H and O–H groups in total. The number of amides is 1. The summed E-state index contributed by atoms with van der Waals surface area (Å²) in [7, 11) is 0. The highest BCUT2D eigenvalue weighted by molar-refractivity contribution is 5.95. The first kappa shape index (κ1) is 13.6. The van der Waals surface area contributed by atoms with Crippen molar-refractivity contribution in [3.63, 3.8) is 0 Å². The first-order valence-corrected chi connectivity index (χ1v) is 7.84. The van der Waals surface area contributed by atoms with Crippen molar-refractivity contribution in [1.29, 1.82) is 0 Å². The van der Waals surface area contributed by atoms with Crippen molar-refractivity contribution in [2.45, 2.75) is 39.0 Å². The molecule has 1 aromatic carbocycles. The largest absolute Gasteiger partial charge is 0.326 e. The van der Waals surface area contributed by atoms with Gasteiger partial charge in [-0.2, -0.15) is 0 Å². The molecule has 0 bridgehead atoms. The minimum Gasteiger partial charge on any atom is -0.326 e. The Balaban J connectivity index is 1.57. The predicted octanol–water partition coefficient (Wildman–Crippen LogP) is 2.97. The molecule has 2 aliphatic rings. The Morgan fingerprint density at radius 1 is 1.30 bits per heavy atom. The quantitative estimate of drug-likeness (QED) is 0.884. The molecule has 3 heteroatoms. The third-order valence-electron chi connectivity index (χ3n) is 4.87. The molecule has 1 atom stereocenters. The molecule has 1 aromatic rings. The van der Waals surface area contributed by atoms with E-state index in [1.165, 1.54) is 5.56 Å². The van der Waals surface area contributed by atoms with Crippen LogP contribution in [0, 0.1) is 11.3 Å². The second-order valence-electron chi connectivity index (χ2n) is 6.31. The molecule has 1 unspecified atom stereocenters. The highest BCUT2D eigenvalue weighted by Crippen LogP contribution is 2.58. The summed E-state index contributed by atoms with van der Waals surface area (Å²) < 4.78 is 0. The summed E-state index contributed by atoms with van der Waals surface area (Å²) in [5, 5.41) is 6.46. The van der Waals surface area contributed by atoms with Crippen LogP contribution in [-0.4, -0.2) is 19.0 Å². The molecule has 0 aromatic heterocycles. The van der Waals surface area contributed by atoms with Gasteiger partial charge in [0.1, 0.15) is 0 Å². The lowest BCUT2D eigenvalue weighted by Gasteiger charge is -2.23. The Kier molecular flexibility index (Phi) is 3.79. The fraction of sp³-hybridized carbons (Fsp3) is 0.588. The molecule has 1 spiro atoms. The normalized spacial score (nSPS) is 23.6. The highest BCUT2D eigenvalue weighted by Gasteiger charge is 2.57. The Morgan fingerprint density at radius 2 is 2.00 bits per heavy atom. The molecule has 1 amide bonds. The Morgan fingerprint density at radius 3 is 2.65 bits per heavy atom. The summed E-state index contributed by atoms with van der Waals surface area (Å²) in [6, 6.07) is 8.29. The smallest absolute Gasteiger partial charge is 0.228 e. The summed E-state index contributed by atoms with van der Waals surface area (Å²) in [6.07, 6.45) is 5.65. The van der Waals surface area contributed by atoms with Gasteiger partial charge < -0.3 is 10.6 Å². The van der Waals surface area contributed by atoms with Crippen LogP contribution in [0.3, 0.4) is 0 Å². The molecule has 3 nitrogen and oxygen atoms in total. The van der Waals surface area contributed by atoms with Crippen LogP contribution in [-0.2, 0) is 11.2 Å². The zero-order valence-electron chi connectivity index (χ0n) is 12.2. The van der Waals surface area contributed by atoms with Gasteiger partial charge in [-0.05, 0) is 61.9 Å². The fourth-order valence-corrected chi connectivity index (χ4v) is 3.47. The van der Waals surface area contributed by atoms with E-state index in [0.29, 0.717) is 5.41 Å². The first-order valence-electron chi connectivity index (χ1n) is 7.84. The maximum atomic E-state index is 12.3. The van der Waals surface area contributed by atoms with Crippen molar-refractivity contribution in [2.75, 3.05) is 18.4 Å². The molecule has 1 saturated heterocycles. The van der Waals surface area contributed by atoms with E-state index in [-0.39, 0.29) is 11.8 Å². The maximum absolute atomic E-state index is 12.3. The topological polar surface area (TPSA) is 41.1 Å². The first-order chi connectivity index (χ1) is 9.73. The maximum Gasteiger partial charge on any atom is 0.228 e. The molecule has 2 fully saturated rings. The van der Waals surface area contributed by atoms with Crippen LogP contribution in [0.2, 0.25) is 0 Å². The molecule has 20 heavy (non-hydrogen) atoms. The monoisotopic (exact) mass is 272 g/mol. The van der Waals surface area contributed by atoms with Gasteiger partial charge >= 0.3 is 0 Å². The Labute approximate surface area is 121 Å². The van der Waals surface area contributed by atoms with Gasteiger partial charge in [-0.3, -0.25) is 4.79 Å². The van der Waals surface area contributed by atoms with Crippen molar-refractivity contribution < 1.29 is 4.79 Å². The van der Waals surface area contributed by atoms with Gasteiger partial charge in [0.2, 0.25) is 5.91 Å². The van der Waals surface area contributed by atoms with Crippen molar-refractivity contribution in [3.8, 4) is 0 Å². The van der Waals surface area contributed by atoms with Crippen LogP contribution in [0.1, 0.15) is 38.2 Å². The number of hydrogen-bond acceptors (Lipinski definition) is 2. The third-order valence-corrected chi connectivity index (χ3v) is 4.87. The molecular weight excluding hydrogens is 248 g/mol. The van der Waals surface area contributed by atoms with E-state index >= 15 is 0 Å². The van der Waals surface area contributed by atoms with Gasteiger partial charge in [0, 0.05) is 11.6 Å². The van der Waals surface area contributed by atoms with E-state index < -0.39 is 0 Å². The molecule has 0 radical (unpaired) electrons. The Hall–Kier alpha value is -1.35. The summed E-state index contributed by atoms with van der Waals surface area (Å²) in [4.78, 5) is 12.3. The van der Waals surface area contributed by atoms with Crippen LogP contribution < -0.4 is 10.6 Å². The number of aryl methyl sites for hydroxylation is 1. The lowest BCUT2D eigenvalue weighted by atomic mass is 9.92. The summed E-state index contributed by atoms with van der Waals surface area (Å²) in [6.45, 7) is 4.31. The van der Waals surface area contributed by atoms with Gasteiger partial charge in [0.25, 0.3) is 0 Å². The number of anilines is 1. The third kappa shape index (κ3) is 2.73. The van der Waals surface area contributed by atoms with Gasteiger partial charge in [0.15, 0.2) is 0 Å². The molecule has 108 valence electrons. The molecule has 3 rings (SSSR count). The van der Waals surface area contributed by atoms with Crippen molar-refractivity contribution in [3.05, 3.63) is 29.8 Å². The predicted molar refractivity (Wildman–Crippen MR) is 81.7 cm³/mol. The van der Waals surface area contributed by atoms with Crippen molar-refractivity contribution in [2.24, 2.45) is 11.3 Å². The van der Waals surface area contributed by atoms with Crippen LogP contribution in [0.4, 0.5) is 5.69 Å². The van der Waals surface area contributed by atoms with Gasteiger partial charge in [-0.15, -0.1) is 0 Å². The number of carbonyl (C=O) groups is 1. The number of piperidine rings is 1. The zero-order chi connectivity index (χ0) is 14.0. The van der Waals surface area contributed by atoms with Gasteiger partial charge in [-0.1, -0.05) is 25.5 Å². The van der Waals surface area contributed by atoms with Crippen molar-refractivity contribution >= 4 is 11.6 Å². The minimum absolute atomic E-state index is 0.218. The lowest BCUT2D eigenvalue weighted by Crippen LogP contribution is -2.31. The molecule has 1 aliphatic carbocycles. The summed E-state index contributed by atoms with van der Waals surface area (Å²) in [5.41, 5.74) is 2.59. The second-order valence-corrected chi connectivity index (χ2v) is 6.31. The lowest BCUT2D eigenvalue weighted by molar-refractivity contribution is -0.118. The molecule has 1 heterocycles.